The van der Waals surface area contributed by atoms with Gasteiger partial charge in [0.15, 0.2) is 5.82 Å². The summed E-state index contributed by atoms with van der Waals surface area (Å²) in [6.07, 6.45) is 2.21. The zero-order valence-electron chi connectivity index (χ0n) is 15.8. The van der Waals surface area contributed by atoms with Crippen LogP contribution in [0.25, 0.3) is 10.2 Å². The third-order valence-corrected chi connectivity index (χ3v) is 5.74. The van der Waals surface area contributed by atoms with Crippen LogP contribution in [0, 0.1) is 0 Å². The number of nitrogens with zero attached hydrogens (tertiary/aromatic N) is 5. The van der Waals surface area contributed by atoms with Gasteiger partial charge in [0.2, 0.25) is 5.91 Å². The molecule has 3 heterocycles. The minimum absolute atomic E-state index is 0.0666. The monoisotopic (exact) mass is 400 g/mol. The Labute approximate surface area is 164 Å². The molecule has 0 unspecified atom stereocenters. The highest BCUT2D eigenvalue weighted by Gasteiger charge is 2.29. The van der Waals surface area contributed by atoms with Gasteiger partial charge in [-0.15, -0.1) is 11.3 Å². The number of rotatable bonds is 5. The Morgan fingerprint density at radius 1 is 1.29 bits per heavy atom. The van der Waals surface area contributed by atoms with Gasteiger partial charge < -0.3 is 5.32 Å². The number of amides is 1. The van der Waals surface area contributed by atoms with Gasteiger partial charge in [-0.1, -0.05) is 13.8 Å². The van der Waals surface area contributed by atoms with Gasteiger partial charge in [0.25, 0.3) is 11.1 Å². The van der Waals surface area contributed by atoms with E-state index in [9.17, 15) is 14.4 Å². The first-order valence-electron chi connectivity index (χ1n) is 9.09. The van der Waals surface area contributed by atoms with Gasteiger partial charge in [0.05, 0.1) is 10.7 Å². The quantitative estimate of drug-likeness (QED) is 0.696. The molecule has 1 aliphatic carbocycles. The van der Waals surface area contributed by atoms with Gasteiger partial charge >= 0.3 is 0 Å². The maximum atomic E-state index is 12.9. The number of aryl methyl sites for hydroxylation is 1. The van der Waals surface area contributed by atoms with Crippen molar-refractivity contribution < 1.29 is 4.79 Å². The molecule has 9 nitrogen and oxygen atoms in total. The van der Waals surface area contributed by atoms with Gasteiger partial charge in [0, 0.05) is 19.0 Å². The van der Waals surface area contributed by atoms with Crippen LogP contribution in [0.2, 0.25) is 0 Å². The van der Waals surface area contributed by atoms with E-state index in [0.29, 0.717) is 21.8 Å². The van der Waals surface area contributed by atoms with Gasteiger partial charge in [-0.05, 0) is 24.8 Å². The topological polar surface area (TPSA) is 112 Å². The Morgan fingerprint density at radius 2 is 2.04 bits per heavy atom. The first-order chi connectivity index (χ1) is 13.3. The molecular formula is C18H20N6O3S. The fourth-order valence-electron chi connectivity index (χ4n) is 2.88. The molecule has 0 saturated heterocycles. The van der Waals surface area contributed by atoms with E-state index in [2.05, 4.69) is 20.5 Å². The molecule has 10 heteroatoms. The van der Waals surface area contributed by atoms with Crippen molar-refractivity contribution in [3.63, 3.8) is 0 Å². The van der Waals surface area contributed by atoms with E-state index in [1.54, 1.807) is 0 Å². The Hall–Kier alpha value is -2.88. The predicted octanol–water partition coefficient (Wildman–Crippen LogP) is 1.59. The Morgan fingerprint density at radius 3 is 2.68 bits per heavy atom. The largest absolute Gasteiger partial charge is 0.308 e. The smallest absolute Gasteiger partial charge is 0.286 e. The van der Waals surface area contributed by atoms with Crippen LogP contribution < -0.4 is 16.4 Å². The lowest BCUT2D eigenvalue weighted by Crippen LogP contribution is -2.31. The molecule has 3 aromatic rings. The number of fused-ring (bicyclic) bond motifs is 1. The van der Waals surface area contributed by atoms with Crippen molar-refractivity contribution >= 4 is 33.3 Å². The maximum absolute atomic E-state index is 12.9. The van der Waals surface area contributed by atoms with Crippen LogP contribution in [-0.4, -0.2) is 30.5 Å². The molecule has 0 spiro atoms. The second-order valence-corrected chi connectivity index (χ2v) is 8.27. The van der Waals surface area contributed by atoms with Crippen LogP contribution in [-0.2, 0) is 18.4 Å². The van der Waals surface area contributed by atoms with E-state index in [4.69, 9.17) is 0 Å². The molecule has 0 aliphatic heterocycles. The molecule has 1 amide bonds. The fraction of sp³-hybridized carbons (Fsp3) is 0.444. The van der Waals surface area contributed by atoms with Gasteiger partial charge in [-0.2, -0.15) is 10.2 Å². The number of carbonyl (C=O) groups is 1. The number of nitrogens with one attached hydrogen (secondary N) is 1. The molecule has 0 bridgehead atoms. The average Bonchev–Trinajstić information content (AvgIpc) is 3.39. The van der Waals surface area contributed by atoms with Crippen LogP contribution >= 0.6 is 11.3 Å². The Balaban J connectivity index is 1.66. The Kier molecular flexibility index (Phi) is 4.58. The molecule has 146 valence electrons. The van der Waals surface area contributed by atoms with E-state index in [1.165, 1.54) is 35.2 Å². The van der Waals surface area contributed by atoms with Crippen LogP contribution in [0.3, 0.4) is 0 Å². The maximum Gasteiger partial charge on any atom is 0.286 e. The number of thiazole rings is 1. The van der Waals surface area contributed by atoms with Crippen molar-refractivity contribution in [2.24, 2.45) is 7.05 Å². The second-order valence-electron chi connectivity index (χ2n) is 7.24. The number of aromatic nitrogens is 5. The van der Waals surface area contributed by atoms with Gasteiger partial charge in [-0.25, -0.2) is 14.3 Å². The van der Waals surface area contributed by atoms with E-state index < -0.39 is 5.91 Å². The third kappa shape index (κ3) is 3.47. The standard InChI is InChI=1S/C18H20N6O3S/c1-9(2)14-15-16(28-17(20-15)10-4-5-10)18(27)24(22-14)8-12(25)19-11-6-7-13(26)23(3)21-11/h6-7,9-10H,4-5,8H2,1-3H3,(H,19,21,25). The van der Waals surface area contributed by atoms with Crippen molar-refractivity contribution in [1.82, 2.24) is 24.5 Å². The predicted molar refractivity (Wildman–Crippen MR) is 106 cm³/mol. The highest BCUT2D eigenvalue weighted by atomic mass is 32.1. The average molecular weight is 400 g/mol. The summed E-state index contributed by atoms with van der Waals surface area (Å²) in [5, 5.41) is 12.0. The van der Waals surface area contributed by atoms with Crippen molar-refractivity contribution in [2.45, 2.75) is 45.1 Å². The van der Waals surface area contributed by atoms with E-state index in [-0.39, 0.29) is 29.4 Å². The molecule has 1 aliphatic rings. The lowest BCUT2D eigenvalue weighted by molar-refractivity contribution is -0.117. The highest BCUT2D eigenvalue weighted by Crippen LogP contribution is 2.43. The molecule has 0 aromatic carbocycles. The van der Waals surface area contributed by atoms with E-state index in [0.717, 1.165) is 22.5 Å². The molecule has 1 N–H and O–H groups in total. The minimum Gasteiger partial charge on any atom is -0.308 e. The first kappa shape index (κ1) is 18.5. The zero-order valence-corrected chi connectivity index (χ0v) is 16.6. The number of anilines is 1. The molecule has 1 saturated carbocycles. The highest BCUT2D eigenvalue weighted by molar-refractivity contribution is 7.18. The van der Waals surface area contributed by atoms with Crippen molar-refractivity contribution in [2.75, 3.05) is 5.32 Å². The van der Waals surface area contributed by atoms with E-state index >= 15 is 0 Å². The summed E-state index contributed by atoms with van der Waals surface area (Å²) in [5.74, 6) is 0.307. The van der Waals surface area contributed by atoms with Gasteiger partial charge in [-0.3, -0.25) is 14.4 Å². The number of hydrogen-bond donors (Lipinski definition) is 1. The van der Waals surface area contributed by atoms with Crippen LogP contribution in [0.1, 0.15) is 49.2 Å². The molecule has 28 heavy (non-hydrogen) atoms. The summed E-state index contributed by atoms with van der Waals surface area (Å²) in [5.41, 5.74) is 0.779. The fourth-order valence-corrected chi connectivity index (χ4v) is 4.07. The molecule has 0 radical (unpaired) electrons. The van der Waals surface area contributed by atoms with Gasteiger partial charge in [0.1, 0.15) is 16.8 Å². The van der Waals surface area contributed by atoms with E-state index in [1.807, 2.05) is 13.8 Å². The molecule has 0 atom stereocenters. The molecular weight excluding hydrogens is 380 g/mol. The number of hydrogen-bond acceptors (Lipinski definition) is 7. The van der Waals surface area contributed by atoms with Crippen LogP contribution in [0.5, 0.6) is 0 Å². The summed E-state index contributed by atoms with van der Waals surface area (Å²) in [6, 6.07) is 2.73. The summed E-state index contributed by atoms with van der Waals surface area (Å²) in [4.78, 5) is 41.4. The first-order valence-corrected chi connectivity index (χ1v) is 9.90. The minimum atomic E-state index is -0.443. The van der Waals surface area contributed by atoms with Crippen molar-refractivity contribution in [1.29, 1.82) is 0 Å². The lowest BCUT2D eigenvalue weighted by Gasteiger charge is -2.10. The summed E-state index contributed by atoms with van der Waals surface area (Å²) >= 11 is 1.41. The molecule has 1 fully saturated rings. The number of carbonyl (C=O) groups excluding carboxylic acids is 1. The summed E-state index contributed by atoms with van der Waals surface area (Å²) in [6.45, 7) is 3.73. The van der Waals surface area contributed by atoms with Crippen molar-refractivity contribution in [3.05, 3.63) is 43.5 Å². The van der Waals surface area contributed by atoms with Crippen LogP contribution in [0.4, 0.5) is 5.82 Å². The normalized spacial score (nSPS) is 14.0. The SMILES string of the molecule is CC(C)c1nn(CC(=O)Nc2ccc(=O)n(C)n2)c(=O)c2sc(C3CC3)nc12. The second kappa shape index (κ2) is 6.93. The lowest BCUT2D eigenvalue weighted by atomic mass is 10.1. The summed E-state index contributed by atoms with van der Waals surface area (Å²) < 4.78 is 2.86. The molecule has 4 rings (SSSR count). The summed E-state index contributed by atoms with van der Waals surface area (Å²) in [7, 11) is 1.49. The third-order valence-electron chi connectivity index (χ3n) is 4.54. The van der Waals surface area contributed by atoms with Crippen LogP contribution in [0.15, 0.2) is 21.7 Å². The Bertz CT molecular complexity index is 1190. The zero-order chi connectivity index (χ0) is 20.0. The van der Waals surface area contributed by atoms with Crippen molar-refractivity contribution in [3.8, 4) is 0 Å². The molecule has 3 aromatic heterocycles.